The van der Waals surface area contributed by atoms with Gasteiger partial charge in [-0.15, -0.1) is 0 Å². The molecule has 0 unspecified atom stereocenters. The maximum atomic E-state index is 13.9. The van der Waals surface area contributed by atoms with Gasteiger partial charge in [0.1, 0.15) is 6.54 Å². The number of aromatic nitrogens is 4. The highest BCUT2D eigenvalue weighted by molar-refractivity contribution is 7.90. The summed E-state index contributed by atoms with van der Waals surface area (Å²) in [7, 11) is 3.54. The van der Waals surface area contributed by atoms with Crippen LogP contribution in [0.3, 0.4) is 0 Å². The average molecular weight is 691 g/mol. The Morgan fingerprint density at radius 3 is 2.35 bits per heavy atom. The molecule has 10 nitrogen and oxygen atoms in total. The molecule has 6 aromatic rings. The molecule has 6 rings (SSSR count). The van der Waals surface area contributed by atoms with E-state index in [1.165, 1.54) is 6.20 Å². The summed E-state index contributed by atoms with van der Waals surface area (Å²) in [5.41, 5.74) is 4.56. The van der Waals surface area contributed by atoms with Crippen LogP contribution in [0.2, 0.25) is 0 Å². The lowest BCUT2D eigenvalue weighted by molar-refractivity contribution is -0.115. The van der Waals surface area contributed by atoms with Gasteiger partial charge in [0.05, 0.1) is 22.0 Å². The van der Waals surface area contributed by atoms with E-state index in [0.29, 0.717) is 35.5 Å². The first-order valence-corrected chi connectivity index (χ1v) is 17.0. The molecular weight excluding hydrogens is 654 g/mol. The number of anilines is 4. The Morgan fingerprint density at radius 2 is 1.63 bits per heavy atom. The maximum absolute atomic E-state index is 13.9. The Balaban J connectivity index is 1.49. The molecule has 0 fully saturated rings. The lowest BCUT2D eigenvalue weighted by atomic mass is 10.1. The molecule has 2 N–H and O–H groups in total. The predicted octanol–water partition coefficient (Wildman–Crippen LogP) is 6.85. The number of hydrogen-bond donors (Lipinski definition) is 2. The van der Waals surface area contributed by atoms with Gasteiger partial charge in [-0.05, 0) is 63.5 Å². The Bertz CT molecular complexity index is 2240. The molecular formula is C35H37F3N8O2S. The quantitative estimate of drug-likeness (QED) is 0.152. The number of nitrogens with one attached hydrogen (secondary N) is 2. The van der Waals surface area contributed by atoms with Crippen molar-refractivity contribution in [2.24, 2.45) is 7.05 Å². The number of hydrogen-bond acceptors (Lipinski definition) is 8. The minimum atomic E-state index is -4.43. The summed E-state index contributed by atoms with van der Waals surface area (Å²) in [6, 6.07) is 21.1. The van der Waals surface area contributed by atoms with Crippen molar-refractivity contribution in [2.75, 3.05) is 56.3 Å². The molecule has 0 aliphatic heterocycles. The number of aryl methyl sites for hydroxylation is 2. The van der Waals surface area contributed by atoms with E-state index in [1.807, 2.05) is 79.9 Å². The number of nitrogens with zero attached hydrogens (tertiary/aromatic N) is 6. The van der Waals surface area contributed by atoms with Gasteiger partial charge in [-0.3, -0.25) is 0 Å². The van der Waals surface area contributed by atoms with Crippen LogP contribution in [0.15, 0.2) is 90.1 Å². The highest BCUT2D eigenvalue weighted by atomic mass is 32.2. The number of para-hydroxylation sites is 1. The first-order chi connectivity index (χ1) is 23.2. The van der Waals surface area contributed by atoms with E-state index >= 15 is 0 Å². The van der Waals surface area contributed by atoms with Crippen LogP contribution < -0.4 is 15.5 Å². The fourth-order valence-electron chi connectivity index (χ4n) is 5.68. The highest BCUT2D eigenvalue weighted by Gasteiger charge is 2.28. The largest absolute Gasteiger partial charge is 0.405 e. The van der Waals surface area contributed by atoms with Crippen molar-refractivity contribution in [1.82, 2.24) is 23.4 Å². The predicted molar refractivity (Wildman–Crippen MR) is 189 cm³/mol. The van der Waals surface area contributed by atoms with Gasteiger partial charge in [-0.1, -0.05) is 35.9 Å². The van der Waals surface area contributed by atoms with Crippen LogP contribution in [0.25, 0.3) is 33.2 Å². The van der Waals surface area contributed by atoms with Gasteiger partial charge in [0.15, 0.2) is 5.65 Å². The molecule has 14 heteroatoms. The SMILES string of the molecule is Cc1ccc(S(=O)(=O)n2ccc3c(-c4cn(C)c5ccccc45)nc(Nc4ccc(N(C)CCN(C)C)c(NCC(F)(F)F)c4)nc32)cc1. The third kappa shape index (κ3) is 7.06. The summed E-state index contributed by atoms with van der Waals surface area (Å²) in [6.07, 6.45) is -1.04. The lowest BCUT2D eigenvalue weighted by Gasteiger charge is -2.25. The minimum Gasteiger partial charge on any atom is -0.375 e. The second-order valence-electron chi connectivity index (χ2n) is 12.3. The number of benzene rings is 3. The number of likely N-dealkylation sites (N-methyl/N-ethyl adjacent to an activating group) is 2. The normalized spacial score (nSPS) is 12.3. The summed E-state index contributed by atoms with van der Waals surface area (Å²) >= 11 is 0. The van der Waals surface area contributed by atoms with Gasteiger partial charge in [0, 0.05) is 67.1 Å². The summed E-state index contributed by atoms with van der Waals surface area (Å²) < 4.78 is 70.9. The van der Waals surface area contributed by atoms with E-state index < -0.39 is 22.7 Å². The molecule has 0 radical (unpaired) electrons. The van der Waals surface area contributed by atoms with Crippen LogP contribution in [0.4, 0.5) is 36.2 Å². The topological polar surface area (TPSA) is 100 Å². The van der Waals surface area contributed by atoms with E-state index in [9.17, 15) is 21.6 Å². The number of fused-ring (bicyclic) bond motifs is 2. The number of rotatable bonds is 11. The van der Waals surface area contributed by atoms with Crippen molar-refractivity contribution in [1.29, 1.82) is 0 Å². The van der Waals surface area contributed by atoms with Gasteiger partial charge in [0.2, 0.25) is 5.95 Å². The zero-order valence-corrected chi connectivity index (χ0v) is 28.6. The minimum absolute atomic E-state index is 0.0741. The standard InChI is InChI=1S/C35H37F3N8O2S/c1-23-10-13-25(14-11-23)49(47,48)46-17-16-27-32(28-21-45(5)30-9-7-6-8-26(28)30)41-34(42-33(27)46)40-24-12-15-31(44(4)19-18-43(2)3)29(20-24)39-22-35(36,37)38/h6-17,20-21,39H,18-19,22H2,1-5H3,(H,40,41,42). The Labute approximate surface area is 282 Å². The van der Waals surface area contributed by atoms with Gasteiger partial charge in [-0.25, -0.2) is 17.4 Å². The van der Waals surface area contributed by atoms with Crippen LogP contribution in [0, 0.1) is 6.92 Å². The van der Waals surface area contributed by atoms with E-state index in [4.69, 9.17) is 4.98 Å². The Hall–Kier alpha value is -5.08. The molecule has 0 saturated heterocycles. The van der Waals surface area contributed by atoms with Gasteiger partial charge in [0.25, 0.3) is 10.0 Å². The van der Waals surface area contributed by atoms with Gasteiger partial charge < -0.3 is 25.0 Å². The Kier molecular flexibility index (Phi) is 9.03. The van der Waals surface area contributed by atoms with Crippen LogP contribution in [0.1, 0.15) is 5.56 Å². The first kappa shape index (κ1) is 33.8. The van der Waals surface area contributed by atoms with Crippen LogP contribution in [-0.4, -0.2) is 78.8 Å². The van der Waals surface area contributed by atoms with Crippen molar-refractivity contribution in [3.63, 3.8) is 0 Å². The van der Waals surface area contributed by atoms with Crippen molar-refractivity contribution in [2.45, 2.75) is 18.0 Å². The fraction of sp³-hybridized carbons (Fsp3) is 0.257. The van der Waals surface area contributed by atoms with Crippen molar-refractivity contribution >= 4 is 55.0 Å². The molecule has 0 amide bonds. The smallest absolute Gasteiger partial charge is 0.375 e. The molecule has 3 aromatic heterocycles. The molecule has 0 bridgehead atoms. The highest BCUT2D eigenvalue weighted by Crippen LogP contribution is 2.37. The molecule has 0 aliphatic carbocycles. The molecule has 0 atom stereocenters. The second-order valence-corrected chi connectivity index (χ2v) is 14.1. The summed E-state index contributed by atoms with van der Waals surface area (Å²) in [5.74, 6) is 0.0741. The fourth-order valence-corrected chi connectivity index (χ4v) is 6.98. The molecule has 0 saturated carbocycles. The van der Waals surface area contributed by atoms with E-state index in [-0.39, 0.29) is 22.2 Å². The van der Waals surface area contributed by atoms with E-state index in [2.05, 4.69) is 15.6 Å². The number of alkyl halides is 3. The molecule has 49 heavy (non-hydrogen) atoms. The summed E-state index contributed by atoms with van der Waals surface area (Å²) in [6.45, 7) is 1.94. The summed E-state index contributed by atoms with van der Waals surface area (Å²) in [4.78, 5) is 13.5. The van der Waals surface area contributed by atoms with Gasteiger partial charge in [-0.2, -0.15) is 18.2 Å². The maximum Gasteiger partial charge on any atom is 0.405 e. The third-order valence-corrected chi connectivity index (χ3v) is 9.95. The molecule has 256 valence electrons. The zero-order valence-electron chi connectivity index (χ0n) is 27.7. The van der Waals surface area contributed by atoms with Crippen LogP contribution in [-0.2, 0) is 17.1 Å². The molecule has 3 aromatic carbocycles. The molecule has 3 heterocycles. The zero-order chi connectivity index (χ0) is 35.1. The Morgan fingerprint density at radius 1 is 0.898 bits per heavy atom. The number of halogens is 3. The van der Waals surface area contributed by atoms with Crippen molar-refractivity contribution in [3.8, 4) is 11.3 Å². The third-order valence-electron chi connectivity index (χ3n) is 8.27. The molecule has 0 aliphatic rings. The van der Waals surface area contributed by atoms with E-state index in [0.717, 1.165) is 26.0 Å². The van der Waals surface area contributed by atoms with Gasteiger partial charge >= 0.3 is 6.18 Å². The first-order valence-electron chi connectivity index (χ1n) is 15.5. The molecule has 0 spiro atoms. The average Bonchev–Trinajstić information content (AvgIpc) is 3.64. The summed E-state index contributed by atoms with van der Waals surface area (Å²) in [5, 5.41) is 7.11. The van der Waals surface area contributed by atoms with Crippen LogP contribution in [0.5, 0.6) is 0 Å². The van der Waals surface area contributed by atoms with Crippen molar-refractivity contribution in [3.05, 3.63) is 90.8 Å². The lowest BCUT2D eigenvalue weighted by Crippen LogP contribution is -2.29. The van der Waals surface area contributed by atoms with E-state index in [1.54, 1.807) is 48.5 Å². The van der Waals surface area contributed by atoms with Crippen LogP contribution >= 0.6 is 0 Å². The van der Waals surface area contributed by atoms with Crippen molar-refractivity contribution < 1.29 is 21.6 Å². The second kappa shape index (κ2) is 13.1. The monoisotopic (exact) mass is 690 g/mol.